The van der Waals surface area contributed by atoms with E-state index in [1.54, 1.807) is 16.7 Å². The maximum Gasteiger partial charge on any atom is 0.271 e. The smallest absolute Gasteiger partial charge is 0.271 e. The molecule has 0 fully saturated rings. The van der Waals surface area contributed by atoms with Gasteiger partial charge in [0.05, 0.1) is 16.3 Å². The molecule has 1 atom stereocenters. The monoisotopic (exact) mass is 601 g/mol. The fraction of sp³-hybridized carbons (Fsp3) is 0.111. The van der Waals surface area contributed by atoms with Crippen LogP contribution in [0, 0.1) is 5.82 Å². The molecule has 0 bridgehead atoms. The van der Waals surface area contributed by atoms with Crippen LogP contribution in [0.3, 0.4) is 0 Å². The summed E-state index contributed by atoms with van der Waals surface area (Å²) < 4.78 is 19.1. The van der Waals surface area contributed by atoms with Crippen molar-refractivity contribution < 1.29 is 4.39 Å². The van der Waals surface area contributed by atoms with Crippen LogP contribution in [0.15, 0.2) is 119 Å². The van der Waals surface area contributed by atoms with Crippen molar-refractivity contribution >= 4 is 45.6 Å². The van der Waals surface area contributed by atoms with Crippen LogP contribution in [0.5, 0.6) is 0 Å². The van der Waals surface area contributed by atoms with Gasteiger partial charge >= 0.3 is 0 Å². The summed E-state index contributed by atoms with van der Waals surface area (Å²) in [6, 6.07) is 30.6. The summed E-state index contributed by atoms with van der Waals surface area (Å²) in [6.45, 7) is 0.679. The number of aryl methyl sites for hydroxylation is 1. The highest BCUT2D eigenvalue weighted by Gasteiger charge is 2.32. The lowest BCUT2D eigenvalue weighted by Crippen LogP contribution is -2.38. The molecule has 8 rings (SSSR count). The fourth-order valence-electron chi connectivity index (χ4n) is 6.45. The number of halogens is 2. The Balaban J connectivity index is 1.32. The van der Waals surface area contributed by atoms with Crippen molar-refractivity contribution in [3.8, 4) is 0 Å². The van der Waals surface area contributed by atoms with Gasteiger partial charge in [-0.25, -0.2) is 9.38 Å². The van der Waals surface area contributed by atoms with Crippen LogP contribution in [0.2, 0.25) is 5.02 Å². The van der Waals surface area contributed by atoms with Gasteiger partial charge in [0.15, 0.2) is 4.80 Å². The molecule has 0 unspecified atom stereocenters. The molecule has 7 heteroatoms. The van der Waals surface area contributed by atoms with Gasteiger partial charge < -0.3 is 4.57 Å². The Bertz CT molecular complexity index is 2280. The third-order valence-corrected chi connectivity index (χ3v) is 9.64. The minimum Gasteiger partial charge on any atom is -0.342 e. The van der Waals surface area contributed by atoms with E-state index in [0.717, 1.165) is 57.3 Å². The Kier molecular flexibility index (Phi) is 6.28. The molecule has 4 nitrogen and oxygen atoms in total. The molecular weight excluding hydrogens is 577 g/mol. The lowest BCUT2D eigenvalue weighted by molar-refractivity contribution is 0.574. The maximum atomic E-state index is 14.5. The summed E-state index contributed by atoms with van der Waals surface area (Å²) in [6.07, 6.45) is 5.69. The summed E-state index contributed by atoms with van der Waals surface area (Å²) >= 11 is 7.50. The highest BCUT2D eigenvalue weighted by atomic mass is 35.5. The quantitative estimate of drug-likeness (QED) is 0.212. The third-order valence-electron chi connectivity index (χ3n) is 8.41. The first-order chi connectivity index (χ1) is 21.0. The van der Waals surface area contributed by atoms with Crippen molar-refractivity contribution in [2.75, 3.05) is 0 Å². The molecule has 0 saturated heterocycles. The average molecular weight is 602 g/mol. The Labute approximate surface area is 256 Å². The molecule has 1 aliphatic carbocycles. The van der Waals surface area contributed by atoms with Crippen molar-refractivity contribution in [1.29, 1.82) is 0 Å². The van der Waals surface area contributed by atoms with Gasteiger partial charge in [0.2, 0.25) is 0 Å². The number of hydrogen-bond acceptors (Lipinski definition) is 3. The first-order valence-corrected chi connectivity index (χ1v) is 15.4. The van der Waals surface area contributed by atoms with Crippen LogP contribution in [-0.4, -0.2) is 9.13 Å². The Morgan fingerprint density at radius 2 is 1.77 bits per heavy atom. The number of thiazole rings is 1. The molecule has 6 aromatic rings. The van der Waals surface area contributed by atoms with E-state index >= 15 is 0 Å². The van der Waals surface area contributed by atoms with Crippen LogP contribution in [0.4, 0.5) is 4.39 Å². The van der Waals surface area contributed by atoms with Gasteiger partial charge in [0, 0.05) is 39.8 Å². The van der Waals surface area contributed by atoms with E-state index < -0.39 is 6.04 Å². The molecule has 4 aromatic carbocycles. The molecule has 43 heavy (non-hydrogen) atoms. The molecule has 210 valence electrons. The number of hydrogen-bond donors (Lipinski definition) is 0. The first kappa shape index (κ1) is 26.1. The second kappa shape index (κ2) is 10.3. The topological polar surface area (TPSA) is 39.3 Å². The van der Waals surface area contributed by atoms with Crippen LogP contribution in [-0.2, 0) is 13.0 Å². The lowest BCUT2D eigenvalue weighted by Gasteiger charge is -2.30. The van der Waals surface area contributed by atoms with Gasteiger partial charge in [-0.05, 0) is 71.5 Å². The first-order valence-electron chi connectivity index (χ1n) is 14.2. The Morgan fingerprint density at radius 1 is 0.953 bits per heavy atom. The Morgan fingerprint density at radius 3 is 2.63 bits per heavy atom. The molecular formula is C36H25ClFN3OS. The van der Waals surface area contributed by atoms with Crippen molar-refractivity contribution in [2.45, 2.75) is 25.4 Å². The Hall–Kier alpha value is -4.52. The van der Waals surface area contributed by atoms with Crippen LogP contribution >= 0.6 is 22.9 Å². The molecule has 0 radical (unpaired) electrons. The number of benzene rings is 4. The van der Waals surface area contributed by atoms with E-state index in [4.69, 9.17) is 16.6 Å². The molecule has 2 aromatic heterocycles. The van der Waals surface area contributed by atoms with E-state index in [1.807, 2.05) is 54.6 Å². The summed E-state index contributed by atoms with van der Waals surface area (Å²) in [5.74, 6) is -0.316. The van der Waals surface area contributed by atoms with Crippen molar-refractivity contribution in [3.05, 3.63) is 167 Å². The summed E-state index contributed by atoms with van der Waals surface area (Å²) in [7, 11) is 0. The number of para-hydroxylation sites is 1. The standard InChI is InChI=1S/C36H25ClFN3OS/c37-26-15-12-22(13-16-26)20-40-21-25(28-9-3-4-11-31(28)40)19-32-35(42)41-34(24-7-5-8-27(38)18-24)30-17-14-23-6-1-2-10-29(23)33(30)39-36(41)43-32/h1-13,15-16,18-19,21,34H,14,17,20H2/b32-19-/t34-/m1/s1. The highest BCUT2D eigenvalue weighted by molar-refractivity contribution is 7.07. The van der Waals surface area contributed by atoms with Gasteiger partial charge in [-0.1, -0.05) is 89.7 Å². The molecule has 2 aliphatic rings. The fourth-order valence-corrected chi connectivity index (χ4v) is 7.57. The summed E-state index contributed by atoms with van der Waals surface area (Å²) in [4.78, 5) is 19.9. The van der Waals surface area contributed by atoms with E-state index in [2.05, 4.69) is 41.1 Å². The number of allylic oxidation sites excluding steroid dienone is 1. The second-order valence-corrected chi connectivity index (χ2v) is 12.5. The largest absolute Gasteiger partial charge is 0.342 e. The van der Waals surface area contributed by atoms with Crippen molar-refractivity contribution in [1.82, 2.24) is 9.13 Å². The van der Waals surface area contributed by atoms with Crippen LogP contribution < -0.4 is 14.9 Å². The highest BCUT2D eigenvalue weighted by Crippen LogP contribution is 2.41. The predicted octanol–water partition coefficient (Wildman–Crippen LogP) is 7.11. The maximum absolute atomic E-state index is 14.5. The normalized spacial score (nSPS) is 16.1. The predicted molar refractivity (Wildman–Crippen MR) is 172 cm³/mol. The molecule has 3 heterocycles. The molecule has 1 aliphatic heterocycles. The molecule has 0 amide bonds. The van der Waals surface area contributed by atoms with Crippen molar-refractivity contribution in [3.63, 3.8) is 0 Å². The molecule has 0 spiro atoms. The summed E-state index contributed by atoms with van der Waals surface area (Å²) in [5.41, 5.74) is 8.13. The van der Waals surface area contributed by atoms with E-state index in [9.17, 15) is 9.18 Å². The zero-order valence-corrected chi connectivity index (χ0v) is 24.6. The van der Waals surface area contributed by atoms with Gasteiger partial charge in [-0.15, -0.1) is 0 Å². The minimum absolute atomic E-state index is 0.113. The zero-order valence-electron chi connectivity index (χ0n) is 23.0. The lowest BCUT2D eigenvalue weighted by atomic mass is 9.83. The molecule has 0 saturated carbocycles. The number of fused-ring (bicyclic) bond motifs is 4. The van der Waals surface area contributed by atoms with Gasteiger partial charge in [0.25, 0.3) is 5.56 Å². The van der Waals surface area contributed by atoms with Gasteiger partial charge in [0.1, 0.15) is 5.82 Å². The van der Waals surface area contributed by atoms with Crippen LogP contribution in [0.25, 0.3) is 22.7 Å². The zero-order chi connectivity index (χ0) is 29.1. The molecule has 0 N–H and O–H groups in total. The van der Waals surface area contributed by atoms with Crippen molar-refractivity contribution in [2.24, 2.45) is 4.99 Å². The number of rotatable bonds is 4. The van der Waals surface area contributed by atoms with Gasteiger partial charge in [-0.3, -0.25) is 9.36 Å². The van der Waals surface area contributed by atoms with Gasteiger partial charge in [-0.2, -0.15) is 0 Å². The number of aromatic nitrogens is 2. The van der Waals surface area contributed by atoms with Crippen LogP contribution in [0.1, 0.15) is 40.3 Å². The number of nitrogens with zero attached hydrogens (tertiary/aromatic N) is 3. The third kappa shape index (κ3) is 4.49. The van der Waals surface area contributed by atoms with E-state index in [0.29, 0.717) is 20.9 Å². The average Bonchev–Trinajstić information content (AvgIpc) is 3.53. The minimum atomic E-state index is -0.413. The second-order valence-electron chi connectivity index (χ2n) is 11.0. The summed E-state index contributed by atoms with van der Waals surface area (Å²) in [5, 5.41) is 1.77. The van der Waals surface area contributed by atoms with E-state index in [-0.39, 0.29) is 11.4 Å². The van der Waals surface area contributed by atoms with E-state index in [1.165, 1.54) is 23.0 Å². The SMILES string of the molecule is O=c1/c(=C/c2cn(Cc3ccc(Cl)cc3)c3ccccc23)sc2n1[C@H](c1cccc(F)c1)C1=C(N=2)c2ccccc2CC1.